The van der Waals surface area contributed by atoms with Gasteiger partial charge in [-0.05, 0) is 37.5 Å². The molecule has 0 heterocycles. The van der Waals surface area contributed by atoms with E-state index in [4.69, 9.17) is 5.32 Å². The Labute approximate surface area is 69.6 Å². The van der Waals surface area contributed by atoms with Crippen molar-refractivity contribution in [3.63, 3.8) is 0 Å². The first kappa shape index (κ1) is 7.60. The largest absolute Gasteiger partial charge is 0.238 e. The molecule has 2 saturated carbocycles. The molecule has 0 N–H and O–H groups in total. The highest BCUT2D eigenvalue weighted by molar-refractivity contribution is 4.93. The fourth-order valence-electron chi connectivity index (χ4n) is 2.73. The van der Waals surface area contributed by atoms with Gasteiger partial charge < -0.3 is 0 Å². The summed E-state index contributed by atoms with van der Waals surface area (Å²) in [5.74, 6) is 2.05. The highest BCUT2D eigenvalue weighted by atomic mass is 14.9. The van der Waals surface area contributed by atoms with Crippen LogP contribution < -0.4 is 5.32 Å². The summed E-state index contributed by atoms with van der Waals surface area (Å²) < 4.78 is 0. The molecule has 0 aromatic rings. The standard InChI is InChI=1S/C10H18N/c1-2-5-11-10-7-8-3-4-9(10)6-8/h8-10H,2-7H2,1H3. The first-order valence-electron chi connectivity index (χ1n) is 5.06. The summed E-state index contributed by atoms with van der Waals surface area (Å²) in [6.45, 7) is 3.32. The Hall–Kier alpha value is -0.0400. The Bertz CT molecular complexity index is 133. The van der Waals surface area contributed by atoms with Gasteiger partial charge >= 0.3 is 0 Å². The molecule has 0 spiro atoms. The molecule has 0 saturated heterocycles. The lowest BCUT2D eigenvalue weighted by atomic mass is 9.95. The van der Waals surface area contributed by atoms with E-state index in [1.165, 1.54) is 32.1 Å². The fraction of sp³-hybridized carbons (Fsp3) is 1.00. The molecule has 0 aromatic heterocycles. The van der Waals surface area contributed by atoms with Gasteiger partial charge in [0.1, 0.15) is 0 Å². The Morgan fingerprint density at radius 3 is 2.73 bits per heavy atom. The highest BCUT2D eigenvalue weighted by Crippen LogP contribution is 2.44. The second-order valence-corrected chi connectivity index (χ2v) is 4.15. The van der Waals surface area contributed by atoms with Crippen LogP contribution in [-0.2, 0) is 0 Å². The summed E-state index contributed by atoms with van der Waals surface area (Å²) in [5, 5.41) is 4.72. The monoisotopic (exact) mass is 152 g/mol. The van der Waals surface area contributed by atoms with Gasteiger partial charge in [-0.3, -0.25) is 0 Å². The van der Waals surface area contributed by atoms with Gasteiger partial charge in [0.2, 0.25) is 0 Å². The lowest BCUT2D eigenvalue weighted by Crippen LogP contribution is -2.28. The van der Waals surface area contributed by atoms with Crippen LogP contribution in [0.25, 0.3) is 0 Å². The molecule has 1 radical (unpaired) electrons. The molecule has 1 nitrogen and oxygen atoms in total. The van der Waals surface area contributed by atoms with Crippen LogP contribution in [-0.4, -0.2) is 12.6 Å². The summed E-state index contributed by atoms with van der Waals surface area (Å²) in [6, 6.07) is 0.772. The van der Waals surface area contributed by atoms with Crippen LogP contribution in [0.5, 0.6) is 0 Å². The summed E-state index contributed by atoms with van der Waals surface area (Å²) in [7, 11) is 0. The molecule has 2 aliphatic rings. The molecule has 2 rings (SSSR count). The van der Waals surface area contributed by atoms with E-state index >= 15 is 0 Å². The minimum atomic E-state index is 0.772. The van der Waals surface area contributed by atoms with Crippen LogP contribution in [0.4, 0.5) is 0 Å². The second kappa shape index (κ2) is 3.14. The molecule has 3 atom stereocenters. The third-order valence-electron chi connectivity index (χ3n) is 3.29. The number of hydrogen-bond donors (Lipinski definition) is 0. The second-order valence-electron chi connectivity index (χ2n) is 4.15. The van der Waals surface area contributed by atoms with Gasteiger partial charge in [0.15, 0.2) is 0 Å². The zero-order chi connectivity index (χ0) is 7.68. The Kier molecular flexibility index (Phi) is 2.17. The normalized spacial score (nSPS) is 41.7. The maximum Gasteiger partial charge on any atom is 0.0277 e. The van der Waals surface area contributed by atoms with E-state index in [1.807, 2.05) is 0 Å². The average molecular weight is 152 g/mol. The summed E-state index contributed by atoms with van der Waals surface area (Å²) in [5.41, 5.74) is 0. The SMILES string of the molecule is CCC[N]C1CC2CCC1C2. The molecule has 2 fully saturated rings. The topological polar surface area (TPSA) is 14.1 Å². The molecule has 1 heteroatoms. The summed E-state index contributed by atoms with van der Waals surface area (Å²) in [6.07, 6.45) is 7.13. The lowest BCUT2D eigenvalue weighted by Gasteiger charge is -2.20. The minimum Gasteiger partial charge on any atom is -0.238 e. The van der Waals surface area contributed by atoms with Crippen molar-refractivity contribution in [1.29, 1.82) is 0 Å². The van der Waals surface area contributed by atoms with Crippen LogP contribution in [0.3, 0.4) is 0 Å². The van der Waals surface area contributed by atoms with E-state index < -0.39 is 0 Å². The van der Waals surface area contributed by atoms with Gasteiger partial charge in [-0.1, -0.05) is 13.3 Å². The fourth-order valence-corrected chi connectivity index (χ4v) is 2.73. The molecule has 0 aromatic carbocycles. The molecule has 63 valence electrons. The van der Waals surface area contributed by atoms with Gasteiger partial charge in [0.05, 0.1) is 0 Å². The molecule has 3 unspecified atom stereocenters. The van der Waals surface area contributed by atoms with Gasteiger partial charge in [0.25, 0.3) is 0 Å². The van der Waals surface area contributed by atoms with Crippen molar-refractivity contribution in [3.05, 3.63) is 0 Å². The first-order valence-corrected chi connectivity index (χ1v) is 5.06. The zero-order valence-electron chi connectivity index (χ0n) is 7.42. The van der Waals surface area contributed by atoms with Crippen molar-refractivity contribution in [2.24, 2.45) is 11.8 Å². The van der Waals surface area contributed by atoms with Crippen LogP contribution in [0.15, 0.2) is 0 Å². The van der Waals surface area contributed by atoms with Gasteiger partial charge in [-0.25, -0.2) is 5.32 Å². The van der Waals surface area contributed by atoms with Crippen molar-refractivity contribution < 1.29 is 0 Å². The van der Waals surface area contributed by atoms with Gasteiger partial charge in [-0.15, -0.1) is 0 Å². The molecule has 0 aliphatic heterocycles. The lowest BCUT2D eigenvalue weighted by molar-refractivity contribution is 0.347. The Morgan fingerprint density at radius 1 is 1.27 bits per heavy atom. The van der Waals surface area contributed by atoms with Crippen LogP contribution in [0.1, 0.15) is 39.0 Å². The third kappa shape index (κ3) is 1.44. The maximum absolute atomic E-state index is 4.72. The quantitative estimate of drug-likeness (QED) is 0.588. The van der Waals surface area contributed by atoms with Gasteiger partial charge in [0, 0.05) is 12.6 Å². The maximum atomic E-state index is 4.72. The van der Waals surface area contributed by atoms with E-state index in [0.29, 0.717) is 0 Å². The van der Waals surface area contributed by atoms with E-state index in [1.54, 1.807) is 0 Å². The highest BCUT2D eigenvalue weighted by Gasteiger charge is 2.39. The third-order valence-corrected chi connectivity index (χ3v) is 3.29. The smallest absolute Gasteiger partial charge is 0.0277 e. The zero-order valence-corrected chi connectivity index (χ0v) is 7.42. The predicted octanol–water partition coefficient (Wildman–Crippen LogP) is 2.19. The molecular formula is C10H18N. The van der Waals surface area contributed by atoms with Crippen molar-refractivity contribution in [3.8, 4) is 0 Å². The Morgan fingerprint density at radius 2 is 2.18 bits per heavy atom. The molecule has 0 amide bonds. The molecule has 2 bridgehead atoms. The van der Waals surface area contributed by atoms with Crippen molar-refractivity contribution in [1.82, 2.24) is 5.32 Å². The van der Waals surface area contributed by atoms with Crippen molar-refractivity contribution in [2.75, 3.05) is 6.54 Å². The number of rotatable bonds is 3. The number of nitrogens with zero attached hydrogens (tertiary/aromatic N) is 1. The van der Waals surface area contributed by atoms with E-state index in [9.17, 15) is 0 Å². The Balaban J connectivity index is 1.78. The summed E-state index contributed by atoms with van der Waals surface area (Å²) in [4.78, 5) is 0. The van der Waals surface area contributed by atoms with Crippen molar-refractivity contribution >= 4 is 0 Å². The van der Waals surface area contributed by atoms with E-state index in [0.717, 1.165) is 24.4 Å². The molecule has 11 heavy (non-hydrogen) atoms. The minimum absolute atomic E-state index is 0.772. The van der Waals surface area contributed by atoms with Crippen LogP contribution in [0, 0.1) is 11.8 Å². The molecule has 2 aliphatic carbocycles. The number of fused-ring (bicyclic) bond motifs is 2. The first-order chi connectivity index (χ1) is 5.40. The summed E-state index contributed by atoms with van der Waals surface area (Å²) >= 11 is 0. The van der Waals surface area contributed by atoms with Crippen molar-refractivity contribution in [2.45, 2.75) is 45.1 Å². The van der Waals surface area contributed by atoms with E-state index in [2.05, 4.69) is 6.92 Å². The average Bonchev–Trinajstić information content (AvgIpc) is 2.60. The van der Waals surface area contributed by atoms with Crippen LogP contribution >= 0.6 is 0 Å². The predicted molar refractivity (Wildman–Crippen MR) is 46.5 cm³/mol. The number of hydrogen-bond acceptors (Lipinski definition) is 0. The molecular weight excluding hydrogens is 134 g/mol. The van der Waals surface area contributed by atoms with E-state index in [-0.39, 0.29) is 0 Å². The van der Waals surface area contributed by atoms with Gasteiger partial charge in [-0.2, -0.15) is 0 Å². The van der Waals surface area contributed by atoms with Crippen LogP contribution in [0.2, 0.25) is 0 Å².